The van der Waals surface area contributed by atoms with Crippen molar-refractivity contribution in [3.63, 3.8) is 0 Å². The summed E-state index contributed by atoms with van der Waals surface area (Å²) in [4.78, 5) is 19.7. The minimum absolute atomic E-state index is 0.0539. The van der Waals surface area contributed by atoms with E-state index in [9.17, 15) is 4.79 Å². The van der Waals surface area contributed by atoms with Crippen LogP contribution >= 0.6 is 11.6 Å². The zero-order valence-corrected chi connectivity index (χ0v) is 13.7. The highest BCUT2D eigenvalue weighted by Gasteiger charge is 2.27. The minimum atomic E-state index is -0.0539. The molecule has 1 unspecified atom stereocenters. The van der Waals surface area contributed by atoms with E-state index >= 15 is 0 Å². The molecule has 4 rings (SSSR count). The largest absolute Gasteiger partial charge is 0.351 e. The van der Waals surface area contributed by atoms with Crippen molar-refractivity contribution >= 4 is 17.5 Å². The monoisotopic (exact) mass is 337 g/mol. The third-order valence-electron chi connectivity index (χ3n) is 4.43. The number of pyridine rings is 1. The maximum absolute atomic E-state index is 12.4. The van der Waals surface area contributed by atoms with Crippen molar-refractivity contribution in [1.82, 2.24) is 15.3 Å². The van der Waals surface area contributed by atoms with Gasteiger partial charge in [-0.3, -0.25) is 9.78 Å². The van der Waals surface area contributed by atoms with E-state index in [1.807, 2.05) is 36.4 Å². The van der Waals surface area contributed by atoms with Crippen molar-refractivity contribution in [2.75, 3.05) is 6.54 Å². The van der Waals surface area contributed by atoms with Gasteiger partial charge in [-0.2, -0.15) is 0 Å². The Morgan fingerprint density at radius 2 is 1.83 bits per heavy atom. The summed E-state index contributed by atoms with van der Waals surface area (Å²) in [6, 6.07) is 13.8. The predicted molar refractivity (Wildman–Crippen MR) is 94.3 cm³/mol. The van der Waals surface area contributed by atoms with Crippen molar-refractivity contribution in [2.24, 2.45) is 0 Å². The maximum Gasteiger partial charge on any atom is 0.268 e. The van der Waals surface area contributed by atoms with Crippen LogP contribution < -0.4 is 5.32 Å². The van der Waals surface area contributed by atoms with Crippen molar-refractivity contribution in [2.45, 2.75) is 12.3 Å². The highest BCUT2D eigenvalue weighted by molar-refractivity contribution is 6.30. The Kier molecular flexibility index (Phi) is 3.82. The van der Waals surface area contributed by atoms with Gasteiger partial charge in [0.2, 0.25) is 0 Å². The van der Waals surface area contributed by atoms with Gasteiger partial charge in [0, 0.05) is 41.1 Å². The molecule has 1 aliphatic heterocycles. The number of aromatic nitrogens is 2. The number of rotatable bonds is 2. The van der Waals surface area contributed by atoms with Gasteiger partial charge >= 0.3 is 0 Å². The molecular weight excluding hydrogens is 322 g/mol. The Hall–Kier alpha value is -2.59. The number of benzene rings is 1. The van der Waals surface area contributed by atoms with Crippen LogP contribution in [0.3, 0.4) is 0 Å². The molecule has 0 spiro atoms. The fourth-order valence-electron chi connectivity index (χ4n) is 3.24. The van der Waals surface area contributed by atoms with Gasteiger partial charge in [0.15, 0.2) is 0 Å². The second-order valence-electron chi connectivity index (χ2n) is 5.90. The third kappa shape index (κ3) is 2.69. The van der Waals surface area contributed by atoms with E-state index in [0.29, 0.717) is 17.3 Å². The van der Waals surface area contributed by atoms with Gasteiger partial charge in [-0.05, 0) is 47.9 Å². The van der Waals surface area contributed by atoms with Gasteiger partial charge in [-0.1, -0.05) is 23.7 Å². The first kappa shape index (κ1) is 15.0. The van der Waals surface area contributed by atoms with Crippen LogP contribution in [0.2, 0.25) is 5.02 Å². The summed E-state index contributed by atoms with van der Waals surface area (Å²) in [7, 11) is 0. The van der Waals surface area contributed by atoms with Crippen molar-refractivity contribution in [3.05, 3.63) is 76.7 Å². The lowest BCUT2D eigenvalue weighted by molar-refractivity contribution is 0.0952. The quantitative estimate of drug-likeness (QED) is 0.742. The third-order valence-corrected chi connectivity index (χ3v) is 4.68. The lowest BCUT2D eigenvalue weighted by Crippen LogP contribution is -2.23. The average molecular weight is 338 g/mol. The molecule has 2 N–H and O–H groups in total. The summed E-state index contributed by atoms with van der Waals surface area (Å²) >= 11 is 6.01. The second-order valence-corrected chi connectivity index (χ2v) is 6.33. The number of H-pyrrole nitrogens is 1. The van der Waals surface area contributed by atoms with E-state index in [4.69, 9.17) is 11.6 Å². The maximum atomic E-state index is 12.4. The van der Waals surface area contributed by atoms with Crippen LogP contribution in [-0.4, -0.2) is 22.4 Å². The normalized spacial score (nSPS) is 17.0. The summed E-state index contributed by atoms with van der Waals surface area (Å²) in [5, 5.41) is 3.68. The molecule has 0 saturated carbocycles. The number of halogens is 1. The van der Waals surface area contributed by atoms with Gasteiger partial charge in [0.05, 0.1) is 0 Å². The number of nitrogens with one attached hydrogen (secondary N) is 2. The molecule has 0 saturated heterocycles. The molecule has 0 aliphatic carbocycles. The molecule has 1 aliphatic rings. The summed E-state index contributed by atoms with van der Waals surface area (Å²) in [5.41, 5.74) is 4.77. The molecule has 0 radical (unpaired) electrons. The van der Waals surface area contributed by atoms with Crippen LogP contribution in [-0.2, 0) is 0 Å². The predicted octanol–water partition coefficient (Wildman–Crippen LogP) is 4.00. The van der Waals surface area contributed by atoms with Gasteiger partial charge < -0.3 is 10.3 Å². The molecule has 0 fully saturated rings. The second kappa shape index (κ2) is 6.13. The number of hydrogen-bond acceptors (Lipinski definition) is 2. The molecule has 1 atom stereocenters. The number of nitrogens with zero attached hydrogens (tertiary/aromatic N) is 1. The Bertz CT molecular complexity index is 871. The van der Waals surface area contributed by atoms with E-state index in [1.54, 1.807) is 12.4 Å². The van der Waals surface area contributed by atoms with Gasteiger partial charge in [0.1, 0.15) is 5.69 Å². The molecule has 0 bridgehead atoms. The molecule has 1 aromatic carbocycles. The Morgan fingerprint density at radius 3 is 2.58 bits per heavy atom. The molecule has 5 heteroatoms. The van der Waals surface area contributed by atoms with Crippen LogP contribution in [0.1, 0.15) is 34.0 Å². The summed E-state index contributed by atoms with van der Waals surface area (Å²) in [6.45, 7) is 0.652. The highest BCUT2D eigenvalue weighted by Crippen LogP contribution is 2.35. The molecule has 4 nitrogen and oxygen atoms in total. The number of carbonyl (C=O) groups is 1. The minimum Gasteiger partial charge on any atom is -0.351 e. The first-order chi connectivity index (χ1) is 11.7. The lowest BCUT2D eigenvalue weighted by atomic mass is 9.89. The van der Waals surface area contributed by atoms with Crippen LogP contribution in [0, 0.1) is 0 Å². The number of fused-ring (bicyclic) bond motifs is 1. The zero-order chi connectivity index (χ0) is 16.5. The first-order valence-electron chi connectivity index (χ1n) is 7.89. The van der Waals surface area contributed by atoms with Gasteiger partial charge in [-0.15, -0.1) is 0 Å². The Morgan fingerprint density at radius 1 is 1.08 bits per heavy atom. The zero-order valence-electron chi connectivity index (χ0n) is 12.9. The van der Waals surface area contributed by atoms with Crippen LogP contribution in [0.4, 0.5) is 0 Å². The highest BCUT2D eigenvalue weighted by atomic mass is 35.5. The Balaban J connectivity index is 1.82. The number of amides is 1. The number of carbonyl (C=O) groups excluding carboxylic acids is 1. The molecule has 3 heterocycles. The van der Waals surface area contributed by atoms with E-state index in [-0.39, 0.29) is 11.8 Å². The summed E-state index contributed by atoms with van der Waals surface area (Å²) in [6.07, 6.45) is 4.35. The van der Waals surface area contributed by atoms with E-state index in [2.05, 4.69) is 21.4 Å². The molecule has 1 amide bonds. The fraction of sp³-hybridized carbons (Fsp3) is 0.158. The van der Waals surface area contributed by atoms with Crippen molar-refractivity contribution in [3.8, 4) is 11.3 Å². The number of aromatic amines is 1. The SMILES string of the molecule is O=C1NCCC(c2ccc(Cl)cc2)c2cc(-c3ccncc3)[nH]c21. The van der Waals surface area contributed by atoms with E-state index < -0.39 is 0 Å². The van der Waals surface area contributed by atoms with Gasteiger partial charge in [-0.25, -0.2) is 0 Å². The molecule has 24 heavy (non-hydrogen) atoms. The van der Waals surface area contributed by atoms with Crippen LogP contribution in [0.15, 0.2) is 54.9 Å². The Labute approximate surface area is 144 Å². The first-order valence-corrected chi connectivity index (χ1v) is 8.27. The molecule has 2 aromatic heterocycles. The fourth-order valence-corrected chi connectivity index (χ4v) is 3.36. The van der Waals surface area contributed by atoms with Crippen LogP contribution in [0.5, 0.6) is 0 Å². The van der Waals surface area contributed by atoms with Gasteiger partial charge in [0.25, 0.3) is 5.91 Å². The lowest BCUT2D eigenvalue weighted by Gasteiger charge is -2.14. The molecule has 3 aromatic rings. The van der Waals surface area contributed by atoms with Crippen molar-refractivity contribution in [1.29, 1.82) is 0 Å². The summed E-state index contributed by atoms with van der Waals surface area (Å²) < 4.78 is 0. The summed E-state index contributed by atoms with van der Waals surface area (Å²) in [5.74, 6) is 0.102. The average Bonchev–Trinajstić information content (AvgIpc) is 2.99. The van der Waals surface area contributed by atoms with E-state index in [1.165, 1.54) is 0 Å². The van der Waals surface area contributed by atoms with E-state index in [0.717, 1.165) is 28.8 Å². The standard InChI is InChI=1S/C19H16ClN3O/c20-14-3-1-12(2-4-14)15-7-10-22-19(24)18-16(15)11-17(23-18)13-5-8-21-9-6-13/h1-6,8-9,11,15,23H,7,10H2,(H,22,24). The number of hydrogen-bond donors (Lipinski definition) is 2. The molecule has 120 valence electrons. The van der Waals surface area contributed by atoms with Crippen LogP contribution in [0.25, 0.3) is 11.3 Å². The van der Waals surface area contributed by atoms with Crippen molar-refractivity contribution < 1.29 is 4.79 Å². The smallest absolute Gasteiger partial charge is 0.268 e. The molecular formula is C19H16ClN3O. The topological polar surface area (TPSA) is 57.8 Å².